The molecule has 0 saturated heterocycles. The van der Waals surface area contributed by atoms with Gasteiger partial charge in [-0.1, -0.05) is 50.8 Å². The van der Waals surface area contributed by atoms with Crippen LogP contribution < -0.4 is 0 Å². The molecule has 0 spiro atoms. The molecule has 0 saturated carbocycles. The number of hydrogen-bond donors (Lipinski definition) is 0. The van der Waals surface area contributed by atoms with Crippen molar-refractivity contribution in [3.63, 3.8) is 0 Å². The first-order chi connectivity index (χ1) is 8.66. The monoisotopic (exact) mass is 271 g/mol. The molecule has 0 fully saturated rings. The summed E-state index contributed by atoms with van der Waals surface area (Å²) < 4.78 is 1.54. The van der Waals surface area contributed by atoms with E-state index in [9.17, 15) is 10.1 Å². The van der Waals surface area contributed by atoms with Crippen molar-refractivity contribution >= 4 is 17.6 Å². The summed E-state index contributed by atoms with van der Waals surface area (Å²) in [5.74, 6) is 1.04. The summed E-state index contributed by atoms with van der Waals surface area (Å²) in [4.78, 5) is 14.3. The van der Waals surface area contributed by atoms with E-state index >= 15 is 0 Å². The standard InChI is InChI=1S/C12H21N3O2S/c1-3-4-5-6-7-8-9-18-12-13-10-11(14(12)2)15(16)17/h10H,3-9H2,1-2H3. The van der Waals surface area contributed by atoms with E-state index in [4.69, 9.17) is 0 Å². The van der Waals surface area contributed by atoms with Gasteiger partial charge in [0.2, 0.25) is 0 Å². The molecular formula is C12H21N3O2S. The van der Waals surface area contributed by atoms with Crippen LogP contribution in [0.3, 0.4) is 0 Å². The van der Waals surface area contributed by atoms with Crippen LogP contribution in [0.5, 0.6) is 0 Å². The van der Waals surface area contributed by atoms with E-state index in [0.717, 1.165) is 17.3 Å². The molecule has 0 bridgehead atoms. The van der Waals surface area contributed by atoms with Crippen molar-refractivity contribution in [2.24, 2.45) is 7.05 Å². The van der Waals surface area contributed by atoms with Crippen LogP contribution in [0, 0.1) is 10.1 Å². The van der Waals surface area contributed by atoms with Gasteiger partial charge in [0, 0.05) is 5.75 Å². The predicted molar refractivity (Wildman–Crippen MR) is 74.0 cm³/mol. The maximum Gasteiger partial charge on any atom is 0.343 e. The van der Waals surface area contributed by atoms with Crippen LogP contribution >= 0.6 is 11.8 Å². The first-order valence-corrected chi connectivity index (χ1v) is 7.44. The molecule has 0 aliphatic heterocycles. The van der Waals surface area contributed by atoms with Crippen LogP contribution in [0.4, 0.5) is 5.82 Å². The van der Waals surface area contributed by atoms with Gasteiger partial charge in [0.25, 0.3) is 5.16 Å². The SMILES string of the molecule is CCCCCCCCSc1ncc([N+](=O)[O-])n1C. The molecular weight excluding hydrogens is 250 g/mol. The van der Waals surface area contributed by atoms with Crippen molar-refractivity contribution in [1.29, 1.82) is 0 Å². The third kappa shape index (κ3) is 4.68. The van der Waals surface area contributed by atoms with Crippen LogP contribution in [0.1, 0.15) is 45.4 Å². The smallest absolute Gasteiger partial charge is 0.343 e. The van der Waals surface area contributed by atoms with Gasteiger partial charge in [-0.3, -0.25) is 0 Å². The molecule has 1 rings (SSSR count). The van der Waals surface area contributed by atoms with Gasteiger partial charge in [-0.2, -0.15) is 0 Å². The number of unbranched alkanes of at least 4 members (excludes halogenated alkanes) is 5. The van der Waals surface area contributed by atoms with Crippen molar-refractivity contribution in [2.45, 2.75) is 50.6 Å². The summed E-state index contributed by atoms with van der Waals surface area (Å²) in [6.45, 7) is 2.21. The first kappa shape index (κ1) is 15.0. The minimum absolute atomic E-state index is 0.0560. The lowest BCUT2D eigenvalue weighted by Gasteiger charge is -2.00. The lowest BCUT2D eigenvalue weighted by atomic mass is 10.1. The van der Waals surface area contributed by atoms with Crippen LogP contribution in [0.15, 0.2) is 11.4 Å². The molecule has 18 heavy (non-hydrogen) atoms. The molecule has 1 aromatic rings. The number of nitrogens with zero attached hydrogens (tertiary/aromatic N) is 3. The van der Waals surface area contributed by atoms with Gasteiger partial charge in [-0.15, -0.1) is 0 Å². The van der Waals surface area contributed by atoms with E-state index in [1.54, 1.807) is 23.4 Å². The molecule has 0 aromatic carbocycles. The molecule has 0 aliphatic rings. The Labute approximate surface area is 112 Å². The molecule has 0 aliphatic carbocycles. The number of rotatable bonds is 9. The van der Waals surface area contributed by atoms with Crippen molar-refractivity contribution in [1.82, 2.24) is 9.55 Å². The normalized spacial score (nSPS) is 10.8. The van der Waals surface area contributed by atoms with Crippen molar-refractivity contribution < 1.29 is 4.92 Å². The maximum atomic E-state index is 10.6. The fourth-order valence-electron chi connectivity index (χ4n) is 1.73. The molecule has 0 unspecified atom stereocenters. The Balaban J connectivity index is 2.21. The second-order valence-corrected chi connectivity index (χ2v) is 5.39. The van der Waals surface area contributed by atoms with E-state index in [-0.39, 0.29) is 5.82 Å². The lowest BCUT2D eigenvalue weighted by Crippen LogP contribution is -1.98. The third-order valence-electron chi connectivity index (χ3n) is 2.84. The topological polar surface area (TPSA) is 61.0 Å². The Kier molecular flexibility index (Phi) is 6.78. The lowest BCUT2D eigenvalue weighted by molar-refractivity contribution is -0.392. The highest BCUT2D eigenvalue weighted by atomic mass is 32.2. The van der Waals surface area contributed by atoms with E-state index in [1.165, 1.54) is 38.3 Å². The van der Waals surface area contributed by atoms with Crippen LogP contribution in [0.2, 0.25) is 0 Å². The molecule has 1 aromatic heterocycles. The Morgan fingerprint density at radius 3 is 2.61 bits per heavy atom. The van der Waals surface area contributed by atoms with E-state index in [2.05, 4.69) is 11.9 Å². The van der Waals surface area contributed by atoms with Gasteiger partial charge in [0.15, 0.2) is 0 Å². The van der Waals surface area contributed by atoms with Crippen LogP contribution in [-0.2, 0) is 7.05 Å². The summed E-state index contributed by atoms with van der Waals surface area (Å²) >= 11 is 1.60. The molecule has 0 N–H and O–H groups in total. The molecule has 0 amide bonds. The van der Waals surface area contributed by atoms with E-state index < -0.39 is 4.92 Å². The number of hydrogen-bond acceptors (Lipinski definition) is 4. The average molecular weight is 271 g/mol. The third-order valence-corrected chi connectivity index (χ3v) is 3.97. The highest BCUT2D eigenvalue weighted by Crippen LogP contribution is 2.22. The number of imidazole rings is 1. The van der Waals surface area contributed by atoms with Crippen molar-refractivity contribution in [2.75, 3.05) is 5.75 Å². The van der Waals surface area contributed by atoms with Crippen molar-refractivity contribution in [3.8, 4) is 0 Å². The summed E-state index contributed by atoms with van der Waals surface area (Å²) in [6, 6.07) is 0. The van der Waals surface area contributed by atoms with Crippen LogP contribution in [-0.4, -0.2) is 20.2 Å². The quantitative estimate of drug-likeness (QED) is 0.297. The molecule has 102 valence electrons. The largest absolute Gasteiger partial charge is 0.358 e. The molecule has 0 atom stereocenters. The Morgan fingerprint density at radius 1 is 1.33 bits per heavy atom. The van der Waals surface area contributed by atoms with Crippen LogP contribution in [0.25, 0.3) is 0 Å². The summed E-state index contributed by atoms with van der Waals surface area (Å²) in [5, 5.41) is 11.4. The van der Waals surface area contributed by atoms with Gasteiger partial charge in [0.1, 0.15) is 6.20 Å². The zero-order chi connectivity index (χ0) is 13.4. The van der Waals surface area contributed by atoms with Gasteiger partial charge >= 0.3 is 5.82 Å². The zero-order valence-electron chi connectivity index (χ0n) is 11.1. The second kappa shape index (κ2) is 8.13. The van der Waals surface area contributed by atoms with Gasteiger partial charge < -0.3 is 10.1 Å². The van der Waals surface area contributed by atoms with Gasteiger partial charge in [0.05, 0.1) is 7.05 Å². The highest BCUT2D eigenvalue weighted by Gasteiger charge is 2.16. The molecule has 1 heterocycles. The fraction of sp³-hybridized carbons (Fsp3) is 0.750. The van der Waals surface area contributed by atoms with E-state index in [0.29, 0.717) is 0 Å². The van der Waals surface area contributed by atoms with Gasteiger partial charge in [-0.25, -0.2) is 9.55 Å². The zero-order valence-corrected chi connectivity index (χ0v) is 11.9. The summed E-state index contributed by atoms with van der Waals surface area (Å²) in [7, 11) is 1.69. The summed E-state index contributed by atoms with van der Waals surface area (Å²) in [6.07, 6.45) is 8.90. The Hall–Kier alpha value is -1.04. The van der Waals surface area contributed by atoms with E-state index in [1.807, 2.05) is 0 Å². The predicted octanol–water partition coefficient (Wildman–Crippen LogP) is 3.78. The fourth-order valence-corrected chi connectivity index (χ4v) is 2.68. The Bertz CT molecular complexity index is 379. The summed E-state index contributed by atoms with van der Waals surface area (Å²) in [5.41, 5.74) is 0. The average Bonchev–Trinajstić information content (AvgIpc) is 2.70. The Morgan fingerprint density at radius 2 is 2.00 bits per heavy atom. The highest BCUT2D eigenvalue weighted by molar-refractivity contribution is 7.99. The minimum Gasteiger partial charge on any atom is -0.358 e. The van der Waals surface area contributed by atoms with Crippen molar-refractivity contribution in [3.05, 3.63) is 16.3 Å². The number of nitro groups is 1. The second-order valence-electron chi connectivity index (χ2n) is 4.33. The molecule has 6 heteroatoms. The van der Waals surface area contributed by atoms with Gasteiger partial charge in [-0.05, 0) is 11.3 Å². The molecule has 5 nitrogen and oxygen atoms in total. The number of aromatic nitrogens is 2. The minimum atomic E-state index is -0.401. The number of thioether (sulfide) groups is 1. The maximum absolute atomic E-state index is 10.6. The molecule has 0 radical (unpaired) electrons. The first-order valence-electron chi connectivity index (χ1n) is 6.45.